The third-order valence-electron chi connectivity index (χ3n) is 3.43. The van der Waals surface area contributed by atoms with Gasteiger partial charge in [-0.25, -0.2) is 0 Å². The average Bonchev–Trinajstić information content (AvgIpc) is 2.32. The number of benzene rings is 1. The highest BCUT2D eigenvalue weighted by Gasteiger charge is 2.22. The third-order valence-corrected chi connectivity index (χ3v) is 3.66. The fourth-order valence-corrected chi connectivity index (χ4v) is 2.49. The standard InChI is InChI=1S/C14H19ClN2O/c1-10-5-6-16-9-13(10)17-14(18)8-11-3-2-4-12(15)7-11/h2-4,7,10,13,16H,5-6,8-9H2,1H3,(H,17,18). The van der Waals surface area contributed by atoms with Crippen LogP contribution >= 0.6 is 11.6 Å². The van der Waals surface area contributed by atoms with Crippen LogP contribution in [0.3, 0.4) is 0 Å². The number of rotatable bonds is 3. The van der Waals surface area contributed by atoms with Gasteiger partial charge in [-0.2, -0.15) is 0 Å². The summed E-state index contributed by atoms with van der Waals surface area (Å²) in [6.45, 7) is 4.09. The zero-order valence-electron chi connectivity index (χ0n) is 10.6. The largest absolute Gasteiger partial charge is 0.352 e. The van der Waals surface area contributed by atoms with E-state index in [1.54, 1.807) is 0 Å². The second-order valence-electron chi connectivity index (χ2n) is 4.95. The van der Waals surface area contributed by atoms with Crippen molar-refractivity contribution in [3.63, 3.8) is 0 Å². The fraction of sp³-hybridized carbons (Fsp3) is 0.500. The molecule has 1 aromatic rings. The number of halogens is 1. The molecule has 3 nitrogen and oxygen atoms in total. The lowest BCUT2D eigenvalue weighted by Crippen LogP contribution is -2.50. The molecule has 2 unspecified atom stereocenters. The van der Waals surface area contributed by atoms with E-state index in [2.05, 4.69) is 17.6 Å². The van der Waals surface area contributed by atoms with E-state index in [1.165, 1.54) is 0 Å². The smallest absolute Gasteiger partial charge is 0.224 e. The van der Waals surface area contributed by atoms with Crippen molar-refractivity contribution in [2.45, 2.75) is 25.8 Å². The number of hydrogen-bond donors (Lipinski definition) is 2. The van der Waals surface area contributed by atoms with Gasteiger partial charge in [-0.3, -0.25) is 4.79 Å². The van der Waals surface area contributed by atoms with E-state index in [4.69, 9.17) is 11.6 Å². The number of carbonyl (C=O) groups excluding carboxylic acids is 1. The van der Waals surface area contributed by atoms with Gasteiger partial charge in [0, 0.05) is 17.6 Å². The summed E-state index contributed by atoms with van der Waals surface area (Å²) in [6, 6.07) is 7.69. The molecule has 98 valence electrons. The van der Waals surface area contributed by atoms with Crippen molar-refractivity contribution in [1.82, 2.24) is 10.6 Å². The summed E-state index contributed by atoms with van der Waals surface area (Å²) >= 11 is 5.90. The quantitative estimate of drug-likeness (QED) is 0.879. The lowest BCUT2D eigenvalue weighted by molar-refractivity contribution is -0.121. The summed E-state index contributed by atoms with van der Waals surface area (Å²) in [5.41, 5.74) is 0.955. The van der Waals surface area contributed by atoms with Gasteiger partial charge < -0.3 is 10.6 Å². The molecule has 1 amide bonds. The zero-order chi connectivity index (χ0) is 13.0. The van der Waals surface area contributed by atoms with Gasteiger partial charge in [-0.1, -0.05) is 30.7 Å². The van der Waals surface area contributed by atoms with Crippen molar-refractivity contribution < 1.29 is 4.79 Å². The van der Waals surface area contributed by atoms with Crippen molar-refractivity contribution >= 4 is 17.5 Å². The van der Waals surface area contributed by atoms with E-state index in [0.29, 0.717) is 17.4 Å². The van der Waals surface area contributed by atoms with Crippen LogP contribution in [0.4, 0.5) is 0 Å². The highest BCUT2D eigenvalue weighted by molar-refractivity contribution is 6.30. The minimum absolute atomic E-state index is 0.0674. The Morgan fingerprint density at radius 3 is 3.11 bits per heavy atom. The minimum atomic E-state index is 0.0674. The highest BCUT2D eigenvalue weighted by Crippen LogP contribution is 2.13. The Morgan fingerprint density at radius 1 is 1.56 bits per heavy atom. The van der Waals surface area contributed by atoms with Crippen LogP contribution in [0, 0.1) is 5.92 Å². The van der Waals surface area contributed by atoms with Crippen LogP contribution in [0.15, 0.2) is 24.3 Å². The van der Waals surface area contributed by atoms with Crippen molar-refractivity contribution in [2.75, 3.05) is 13.1 Å². The molecule has 2 atom stereocenters. The van der Waals surface area contributed by atoms with E-state index in [-0.39, 0.29) is 11.9 Å². The SMILES string of the molecule is CC1CCNCC1NC(=O)Cc1cccc(Cl)c1. The van der Waals surface area contributed by atoms with Crippen LogP contribution in [0.1, 0.15) is 18.9 Å². The first-order valence-electron chi connectivity index (χ1n) is 6.39. The fourth-order valence-electron chi connectivity index (χ4n) is 2.27. The van der Waals surface area contributed by atoms with Gasteiger partial charge in [0.1, 0.15) is 0 Å². The number of piperidine rings is 1. The number of hydrogen-bond acceptors (Lipinski definition) is 2. The Bertz CT molecular complexity index is 422. The van der Waals surface area contributed by atoms with Crippen LogP contribution < -0.4 is 10.6 Å². The number of amides is 1. The second-order valence-corrected chi connectivity index (χ2v) is 5.39. The second kappa shape index (κ2) is 6.21. The van der Waals surface area contributed by atoms with E-state index < -0.39 is 0 Å². The lowest BCUT2D eigenvalue weighted by Gasteiger charge is -2.30. The Balaban J connectivity index is 1.88. The van der Waals surface area contributed by atoms with Crippen molar-refractivity contribution in [3.8, 4) is 0 Å². The Kier molecular flexibility index (Phi) is 4.61. The van der Waals surface area contributed by atoms with Crippen LogP contribution in [0.25, 0.3) is 0 Å². The molecule has 1 saturated heterocycles. The average molecular weight is 267 g/mol. The molecular formula is C14H19ClN2O. The molecule has 0 saturated carbocycles. The van der Waals surface area contributed by atoms with Gasteiger partial charge in [0.15, 0.2) is 0 Å². The molecule has 0 bridgehead atoms. The van der Waals surface area contributed by atoms with Crippen LogP contribution in [-0.2, 0) is 11.2 Å². The molecule has 4 heteroatoms. The third kappa shape index (κ3) is 3.72. The molecule has 0 aliphatic carbocycles. The molecule has 1 fully saturated rings. The first-order chi connectivity index (χ1) is 8.65. The first kappa shape index (κ1) is 13.4. The van der Waals surface area contributed by atoms with Gasteiger partial charge in [0.05, 0.1) is 6.42 Å². The summed E-state index contributed by atoms with van der Waals surface area (Å²) < 4.78 is 0. The summed E-state index contributed by atoms with van der Waals surface area (Å²) in [5, 5.41) is 7.07. The molecule has 1 heterocycles. The van der Waals surface area contributed by atoms with E-state index in [9.17, 15) is 4.79 Å². The first-order valence-corrected chi connectivity index (χ1v) is 6.77. The molecule has 1 aliphatic heterocycles. The summed E-state index contributed by atoms with van der Waals surface area (Å²) in [5.74, 6) is 0.604. The van der Waals surface area contributed by atoms with E-state index in [1.807, 2.05) is 24.3 Å². The Morgan fingerprint density at radius 2 is 2.39 bits per heavy atom. The van der Waals surface area contributed by atoms with Crippen molar-refractivity contribution in [1.29, 1.82) is 0 Å². The summed E-state index contributed by atoms with van der Waals surface area (Å²) in [4.78, 5) is 12.0. The molecule has 1 aliphatic rings. The van der Waals surface area contributed by atoms with Gasteiger partial charge in [0.25, 0.3) is 0 Å². The molecule has 1 aromatic carbocycles. The molecule has 0 radical (unpaired) electrons. The van der Waals surface area contributed by atoms with E-state index in [0.717, 1.165) is 25.1 Å². The molecule has 0 spiro atoms. The zero-order valence-corrected chi connectivity index (χ0v) is 11.3. The predicted octanol–water partition coefficient (Wildman–Crippen LogP) is 2.00. The lowest BCUT2D eigenvalue weighted by atomic mass is 9.94. The normalized spacial score (nSPS) is 23.7. The van der Waals surface area contributed by atoms with Gasteiger partial charge in [0.2, 0.25) is 5.91 Å². The van der Waals surface area contributed by atoms with Gasteiger partial charge >= 0.3 is 0 Å². The summed E-state index contributed by atoms with van der Waals surface area (Å²) in [7, 11) is 0. The Hall–Kier alpha value is -1.06. The molecule has 2 rings (SSSR count). The molecular weight excluding hydrogens is 248 g/mol. The minimum Gasteiger partial charge on any atom is -0.352 e. The number of nitrogens with one attached hydrogen (secondary N) is 2. The van der Waals surface area contributed by atoms with E-state index >= 15 is 0 Å². The maximum atomic E-state index is 12.0. The molecule has 0 aromatic heterocycles. The monoisotopic (exact) mass is 266 g/mol. The van der Waals surface area contributed by atoms with Crippen molar-refractivity contribution in [3.05, 3.63) is 34.9 Å². The van der Waals surface area contributed by atoms with Gasteiger partial charge in [-0.15, -0.1) is 0 Å². The van der Waals surface area contributed by atoms with Gasteiger partial charge in [-0.05, 0) is 36.6 Å². The highest BCUT2D eigenvalue weighted by atomic mass is 35.5. The van der Waals surface area contributed by atoms with Crippen molar-refractivity contribution in [2.24, 2.45) is 5.92 Å². The summed E-state index contributed by atoms with van der Waals surface area (Å²) in [6.07, 6.45) is 1.51. The Labute approximate surface area is 113 Å². The van der Waals surface area contributed by atoms with Crippen LogP contribution in [0.5, 0.6) is 0 Å². The van der Waals surface area contributed by atoms with Crippen LogP contribution in [0.2, 0.25) is 5.02 Å². The maximum absolute atomic E-state index is 12.0. The van der Waals surface area contributed by atoms with Crippen LogP contribution in [-0.4, -0.2) is 25.0 Å². The maximum Gasteiger partial charge on any atom is 0.224 e. The topological polar surface area (TPSA) is 41.1 Å². The predicted molar refractivity (Wildman–Crippen MR) is 73.7 cm³/mol. The molecule has 2 N–H and O–H groups in total. The number of carbonyl (C=O) groups is 1. The molecule has 18 heavy (non-hydrogen) atoms.